The van der Waals surface area contributed by atoms with Crippen molar-refractivity contribution in [2.24, 2.45) is 0 Å². The normalized spacial score (nSPS) is 13.7. The van der Waals surface area contributed by atoms with E-state index in [1.54, 1.807) is 24.5 Å². The van der Waals surface area contributed by atoms with Crippen LogP contribution in [0.5, 0.6) is 0 Å². The molecule has 2 amide bonds. The van der Waals surface area contributed by atoms with Gasteiger partial charge in [-0.3, -0.25) is 5.10 Å². The van der Waals surface area contributed by atoms with Crippen molar-refractivity contribution < 1.29 is 13.2 Å². The van der Waals surface area contributed by atoms with Gasteiger partial charge in [0.15, 0.2) is 9.84 Å². The summed E-state index contributed by atoms with van der Waals surface area (Å²) >= 11 is 0. The van der Waals surface area contributed by atoms with Crippen molar-refractivity contribution in [3.63, 3.8) is 0 Å². The van der Waals surface area contributed by atoms with E-state index in [-0.39, 0.29) is 16.7 Å². The molecule has 3 aromatic carbocycles. The molecule has 1 aromatic heterocycles. The number of anilines is 1. The van der Waals surface area contributed by atoms with E-state index in [4.69, 9.17) is 0 Å². The van der Waals surface area contributed by atoms with Gasteiger partial charge < -0.3 is 16.0 Å². The number of amides is 2. The van der Waals surface area contributed by atoms with Crippen molar-refractivity contribution >= 4 is 21.6 Å². The monoisotopic (exact) mass is 501 g/mol. The lowest BCUT2D eigenvalue weighted by molar-refractivity contribution is 0.249. The van der Waals surface area contributed by atoms with E-state index >= 15 is 0 Å². The van der Waals surface area contributed by atoms with Gasteiger partial charge in [-0.15, -0.1) is 0 Å². The van der Waals surface area contributed by atoms with Crippen LogP contribution >= 0.6 is 0 Å². The minimum atomic E-state index is -3.62. The summed E-state index contributed by atoms with van der Waals surface area (Å²) in [6.45, 7) is 3.46. The third-order valence-electron chi connectivity index (χ3n) is 6.31. The lowest BCUT2D eigenvalue weighted by Crippen LogP contribution is -2.31. The molecule has 36 heavy (non-hydrogen) atoms. The van der Waals surface area contributed by atoms with Gasteiger partial charge in [-0.05, 0) is 47.4 Å². The topological polar surface area (TPSA) is 116 Å². The number of sulfone groups is 1. The molecule has 5 rings (SSSR count). The lowest BCUT2D eigenvalue weighted by Gasteiger charge is -2.17. The molecule has 1 aliphatic rings. The molecular formula is C27H27N5O3S. The highest BCUT2D eigenvalue weighted by molar-refractivity contribution is 7.90. The lowest BCUT2D eigenvalue weighted by atomic mass is 10.1. The van der Waals surface area contributed by atoms with Crippen molar-refractivity contribution in [1.29, 1.82) is 0 Å². The van der Waals surface area contributed by atoms with Crippen LogP contribution in [-0.2, 0) is 28.7 Å². The van der Waals surface area contributed by atoms with E-state index in [1.165, 1.54) is 11.6 Å². The van der Waals surface area contributed by atoms with Crippen molar-refractivity contribution in [3.05, 3.63) is 101 Å². The fraction of sp³-hybridized carbons (Fsp3) is 0.185. The smallest absolute Gasteiger partial charge is 0.319 e. The van der Waals surface area contributed by atoms with Crippen LogP contribution < -0.4 is 16.0 Å². The zero-order valence-electron chi connectivity index (χ0n) is 19.8. The van der Waals surface area contributed by atoms with E-state index in [2.05, 4.69) is 26.1 Å². The molecule has 0 bridgehead atoms. The molecule has 184 valence electrons. The second-order valence-corrected chi connectivity index (χ2v) is 10.9. The molecule has 0 aliphatic carbocycles. The molecule has 4 N–H and O–H groups in total. The Bertz CT molecular complexity index is 1490. The van der Waals surface area contributed by atoms with E-state index in [0.29, 0.717) is 16.8 Å². The predicted molar refractivity (Wildman–Crippen MR) is 139 cm³/mol. The summed E-state index contributed by atoms with van der Waals surface area (Å²) in [7, 11) is -3.62. The molecule has 0 saturated heterocycles. The Hall–Kier alpha value is -3.95. The molecule has 4 aromatic rings. The minimum absolute atomic E-state index is 0.104. The number of benzene rings is 3. The number of nitrogens with one attached hydrogen (secondary N) is 4. The largest absolute Gasteiger partial charge is 0.331 e. The first-order chi connectivity index (χ1) is 17.4. The number of aromatic amines is 1. The van der Waals surface area contributed by atoms with Gasteiger partial charge in [0.05, 0.1) is 28.6 Å². The molecule has 8 nitrogen and oxygen atoms in total. The molecule has 2 heterocycles. The van der Waals surface area contributed by atoms with Crippen molar-refractivity contribution in [2.45, 2.75) is 36.7 Å². The Labute approximate surface area is 210 Å². The van der Waals surface area contributed by atoms with Crippen LogP contribution in [0.15, 0.2) is 84.0 Å². The van der Waals surface area contributed by atoms with E-state index in [1.807, 2.05) is 55.5 Å². The number of aromatic nitrogens is 2. The number of carbonyl (C=O) groups is 1. The number of fused-ring (bicyclic) bond motifs is 1. The summed E-state index contributed by atoms with van der Waals surface area (Å²) in [5.74, 6) is -0.104. The van der Waals surface area contributed by atoms with Gasteiger partial charge in [-0.2, -0.15) is 5.10 Å². The second kappa shape index (κ2) is 9.96. The predicted octanol–water partition coefficient (Wildman–Crippen LogP) is 4.54. The average Bonchev–Trinajstić information content (AvgIpc) is 3.56. The first-order valence-electron chi connectivity index (χ1n) is 11.7. The number of nitrogens with zero attached hydrogens (tertiary/aromatic N) is 1. The molecule has 1 aliphatic heterocycles. The number of carbonyl (C=O) groups excluding carboxylic acids is 1. The van der Waals surface area contributed by atoms with Gasteiger partial charge in [0.2, 0.25) is 0 Å². The Morgan fingerprint density at radius 1 is 1.03 bits per heavy atom. The average molecular weight is 502 g/mol. The Kier molecular flexibility index (Phi) is 6.58. The van der Waals surface area contributed by atoms with E-state index in [0.717, 1.165) is 29.8 Å². The zero-order chi connectivity index (χ0) is 25.1. The quantitative estimate of drug-likeness (QED) is 0.297. The molecule has 9 heteroatoms. The third-order valence-corrected chi connectivity index (χ3v) is 8.00. The maximum Gasteiger partial charge on any atom is 0.319 e. The molecule has 0 spiro atoms. The van der Waals surface area contributed by atoms with Crippen molar-refractivity contribution in [3.8, 4) is 11.1 Å². The maximum absolute atomic E-state index is 13.3. The number of rotatable bonds is 7. The number of hydrogen-bond donors (Lipinski definition) is 4. The Morgan fingerprint density at radius 2 is 1.83 bits per heavy atom. The molecule has 1 atom stereocenters. The van der Waals surface area contributed by atoms with Crippen molar-refractivity contribution in [2.75, 3.05) is 5.32 Å². The van der Waals surface area contributed by atoms with Crippen molar-refractivity contribution in [1.82, 2.24) is 20.8 Å². The van der Waals surface area contributed by atoms with Crippen LogP contribution in [0.3, 0.4) is 0 Å². The van der Waals surface area contributed by atoms with E-state index < -0.39 is 15.9 Å². The highest BCUT2D eigenvalue weighted by Gasteiger charge is 2.21. The summed E-state index contributed by atoms with van der Waals surface area (Å²) in [5, 5.41) is 15.8. The van der Waals surface area contributed by atoms with Gasteiger partial charge in [0.1, 0.15) is 0 Å². The first-order valence-corrected chi connectivity index (χ1v) is 13.3. The Morgan fingerprint density at radius 3 is 2.61 bits per heavy atom. The summed E-state index contributed by atoms with van der Waals surface area (Å²) < 4.78 is 26.6. The fourth-order valence-corrected chi connectivity index (χ4v) is 5.74. The summed E-state index contributed by atoms with van der Waals surface area (Å²) in [6, 6.07) is 19.6. The highest BCUT2D eigenvalue weighted by Crippen LogP contribution is 2.31. The first kappa shape index (κ1) is 23.8. The van der Waals surface area contributed by atoms with Crippen LogP contribution in [0, 0.1) is 0 Å². The third kappa shape index (κ3) is 5.17. The molecule has 0 radical (unpaired) electrons. The SMILES string of the molecule is CC(NC(=O)Nc1ccc(S(=O)(=O)Cc2ccc3c(c2)CNC3)cc1-c1cn[nH]c1)c1ccccc1. The van der Waals surface area contributed by atoms with Gasteiger partial charge >= 0.3 is 6.03 Å². The van der Waals surface area contributed by atoms with Crippen LogP contribution in [0.1, 0.15) is 35.2 Å². The summed E-state index contributed by atoms with van der Waals surface area (Å²) in [5.41, 5.74) is 5.78. The van der Waals surface area contributed by atoms with Gasteiger partial charge in [0, 0.05) is 30.4 Å². The van der Waals surface area contributed by atoms with Crippen LogP contribution in [0.2, 0.25) is 0 Å². The number of H-pyrrole nitrogens is 1. The fourth-order valence-electron chi connectivity index (χ4n) is 4.38. The standard InChI is InChI=1S/C27H27N5O3S/c1-18(20-5-3-2-4-6-20)31-27(33)32-26-10-9-24(12-25(26)23-15-29-30-16-23)36(34,35)17-19-7-8-21-13-28-14-22(21)11-19/h2-12,15-16,18,28H,13-14,17H2,1H3,(H,29,30)(H2,31,32,33). The molecule has 1 unspecified atom stereocenters. The second-order valence-electron chi connectivity index (χ2n) is 8.89. The number of urea groups is 1. The van der Waals surface area contributed by atoms with Crippen LogP contribution in [0.25, 0.3) is 11.1 Å². The van der Waals surface area contributed by atoms with E-state index in [9.17, 15) is 13.2 Å². The van der Waals surface area contributed by atoms with Gasteiger partial charge in [0.25, 0.3) is 0 Å². The molecule has 0 fully saturated rings. The zero-order valence-corrected chi connectivity index (χ0v) is 20.6. The summed E-state index contributed by atoms with van der Waals surface area (Å²) in [6.07, 6.45) is 3.25. The summed E-state index contributed by atoms with van der Waals surface area (Å²) in [4.78, 5) is 12.9. The Balaban J connectivity index is 1.39. The number of hydrogen-bond acceptors (Lipinski definition) is 5. The maximum atomic E-state index is 13.3. The van der Waals surface area contributed by atoms with Crippen LogP contribution in [-0.4, -0.2) is 24.6 Å². The molecular weight excluding hydrogens is 474 g/mol. The minimum Gasteiger partial charge on any atom is -0.331 e. The molecule has 0 saturated carbocycles. The van der Waals surface area contributed by atoms with Gasteiger partial charge in [-0.1, -0.05) is 48.5 Å². The highest BCUT2D eigenvalue weighted by atomic mass is 32.2. The van der Waals surface area contributed by atoms with Gasteiger partial charge in [-0.25, -0.2) is 13.2 Å². The van der Waals surface area contributed by atoms with Crippen LogP contribution in [0.4, 0.5) is 10.5 Å².